The number of hydrogen-bond acceptors (Lipinski definition) is 1. The van der Waals surface area contributed by atoms with Crippen molar-refractivity contribution in [2.75, 3.05) is 7.11 Å². The Morgan fingerprint density at radius 3 is 2.77 bits per heavy atom. The predicted molar refractivity (Wildman–Crippen MR) is 52.7 cm³/mol. The van der Waals surface area contributed by atoms with Crippen LogP contribution in [0.2, 0.25) is 0 Å². The van der Waals surface area contributed by atoms with Gasteiger partial charge in [0.05, 0.1) is 7.11 Å². The first kappa shape index (κ1) is 9.00. The summed E-state index contributed by atoms with van der Waals surface area (Å²) in [4.78, 5) is 0. The summed E-state index contributed by atoms with van der Waals surface area (Å²) < 4.78 is 19.3. The highest BCUT2D eigenvalue weighted by atomic mass is 79.9. The summed E-state index contributed by atoms with van der Waals surface area (Å²) in [6.07, 6.45) is 3.04. The van der Waals surface area contributed by atoms with E-state index in [0.717, 1.165) is 29.3 Å². The summed E-state index contributed by atoms with van der Waals surface area (Å²) in [6.45, 7) is 0. The van der Waals surface area contributed by atoms with Crippen molar-refractivity contribution in [2.24, 2.45) is 0 Å². The van der Waals surface area contributed by atoms with Crippen LogP contribution in [-0.2, 0) is 12.8 Å². The predicted octanol–water partition coefficient (Wildman–Crippen LogP) is 3.09. The minimum absolute atomic E-state index is 0.268. The molecule has 0 heterocycles. The van der Waals surface area contributed by atoms with Gasteiger partial charge >= 0.3 is 0 Å². The highest BCUT2D eigenvalue weighted by Crippen LogP contribution is 2.37. The summed E-state index contributed by atoms with van der Waals surface area (Å²) in [7, 11) is 1.52. The van der Waals surface area contributed by atoms with Crippen molar-refractivity contribution in [3.8, 4) is 5.75 Å². The van der Waals surface area contributed by atoms with Gasteiger partial charge in [-0.2, -0.15) is 0 Å². The van der Waals surface area contributed by atoms with Crippen LogP contribution >= 0.6 is 15.9 Å². The smallest absolute Gasteiger partial charge is 0.166 e. The first-order valence-electron chi connectivity index (χ1n) is 4.27. The number of benzene rings is 1. The first-order valence-corrected chi connectivity index (χ1v) is 5.07. The van der Waals surface area contributed by atoms with Crippen LogP contribution in [-0.4, -0.2) is 7.11 Å². The molecule has 1 aromatic carbocycles. The van der Waals surface area contributed by atoms with Gasteiger partial charge < -0.3 is 4.74 Å². The maximum atomic E-state index is 13.4. The number of rotatable bonds is 1. The molecular formula is C10H10BrFO. The standard InChI is InChI=1S/C10H10BrFO/c1-13-10-7-4-2-3-6(7)8(11)5-9(10)12/h5H,2-4H2,1H3. The SMILES string of the molecule is COc1c(F)cc(Br)c2c1CCC2. The Hall–Kier alpha value is -0.570. The van der Waals surface area contributed by atoms with E-state index in [1.165, 1.54) is 18.7 Å². The van der Waals surface area contributed by atoms with Crippen LogP contribution in [0.5, 0.6) is 5.75 Å². The van der Waals surface area contributed by atoms with E-state index in [0.29, 0.717) is 5.75 Å². The van der Waals surface area contributed by atoms with Crippen molar-refractivity contribution in [1.29, 1.82) is 0 Å². The fourth-order valence-corrected chi connectivity index (χ4v) is 2.53. The fraction of sp³-hybridized carbons (Fsp3) is 0.400. The van der Waals surface area contributed by atoms with Gasteiger partial charge in [-0.15, -0.1) is 0 Å². The van der Waals surface area contributed by atoms with Crippen LogP contribution in [0, 0.1) is 5.82 Å². The zero-order valence-electron chi connectivity index (χ0n) is 7.36. The normalized spacial score (nSPS) is 14.4. The number of fused-ring (bicyclic) bond motifs is 1. The summed E-state index contributed by atoms with van der Waals surface area (Å²) in [6, 6.07) is 1.49. The number of hydrogen-bond donors (Lipinski definition) is 0. The summed E-state index contributed by atoms with van der Waals surface area (Å²) in [5.41, 5.74) is 2.24. The van der Waals surface area contributed by atoms with E-state index in [-0.39, 0.29) is 5.82 Å². The Kier molecular flexibility index (Phi) is 2.28. The number of ether oxygens (including phenoxy) is 1. The quantitative estimate of drug-likeness (QED) is 0.738. The first-order chi connectivity index (χ1) is 6.24. The van der Waals surface area contributed by atoms with Gasteiger partial charge in [0.25, 0.3) is 0 Å². The Labute approximate surface area is 85.0 Å². The highest BCUT2D eigenvalue weighted by molar-refractivity contribution is 9.10. The maximum Gasteiger partial charge on any atom is 0.166 e. The number of methoxy groups -OCH3 is 1. The molecule has 0 atom stereocenters. The Morgan fingerprint density at radius 1 is 1.38 bits per heavy atom. The molecule has 1 aliphatic carbocycles. The van der Waals surface area contributed by atoms with Crippen molar-refractivity contribution < 1.29 is 9.13 Å². The Morgan fingerprint density at radius 2 is 2.08 bits per heavy atom. The maximum absolute atomic E-state index is 13.4. The molecule has 0 N–H and O–H groups in total. The molecule has 0 bridgehead atoms. The highest BCUT2D eigenvalue weighted by Gasteiger charge is 2.21. The molecule has 0 saturated carbocycles. The van der Waals surface area contributed by atoms with Gasteiger partial charge in [-0.05, 0) is 30.9 Å². The lowest BCUT2D eigenvalue weighted by Gasteiger charge is -2.09. The van der Waals surface area contributed by atoms with E-state index in [9.17, 15) is 4.39 Å². The monoisotopic (exact) mass is 244 g/mol. The molecule has 70 valence electrons. The van der Waals surface area contributed by atoms with Gasteiger partial charge in [0.1, 0.15) is 0 Å². The van der Waals surface area contributed by atoms with E-state index in [4.69, 9.17) is 4.74 Å². The Balaban J connectivity index is 2.65. The van der Waals surface area contributed by atoms with Crippen molar-refractivity contribution in [3.63, 3.8) is 0 Å². The molecule has 0 amide bonds. The third-order valence-corrected chi connectivity index (χ3v) is 3.16. The molecule has 0 saturated heterocycles. The van der Waals surface area contributed by atoms with E-state index < -0.39 is 0 Å². The van der Waals surface area contributed by atoms with E-state index in [1.807, 2.05) is 0 Å². The van der Waals surface area contributed by atoms with Crippen LogP contribution in [0.4, 0.5) is 4.39 Å². The van der Waals surface area contributed by atoms with Crippen LogP contribution < -0.4 is 4.74 Å². The van der Waals surface area contributed by atoms with Crippen LogP contribution in [0.1, 0.15) is 17.5 Å². The van der Waals surface area contributed by atoms with Gasteiger partial charge in [0, 0.05) is 10.0 Å². The van der Waals surface area contributed by atoms with Crippen LogP contribution in [0.15, 0.2) is 10.5 Å². The average Bonchev–Trinajstić information content (AvgIpc) is 2.53. The van der Waals surface area contributed by atoms with E-state index >= 15 is 0 Å². The molecule has 0 aromatic heterocycles. The minimum Gasteiger partial charge on any atom is -0.493 e. The van der Waals surface area contributed by atoms with Gasteiger partial charge in [-0.3, -0.25) is 0 Å². The second-order valence-corrected chi connectivity index (χ2v) is 4.04. The molecule has 1 aliphatic rings. The van der Waals surface area contributed by atoms with Crippen molar-refractivity contribution in [2.45, 2.75) is 19.3 Å². The van der Waals surface area contributed by atoms with E-state index in [2.05, 4.69) is 15.9 Å². The van der Waals surface area contributed by atoms with Crippen LogP contribution in [0.25, 0.3) is 0 Å². The molecule has 2 rings (SSSR count). The molecule has 0 aliphatic heterocycles. The van der Waals surface area contributed by atoms with Crippen molar-refractivity contribution >= 4 is 15.9 Å². The lowest BCUT2D eigenvalue weighted by atomic mass is 10.1. The van der Waals surface area contributed by atoms with Crippen LogP contribution in [0.3, 0.4) is 0 Å². The molecule has 0 spiro atoms. The van der Waals surface area contributed by atoms with Crippen molar-refractivity contribution in [1.82, 2.24) is 0 Å². The third kappa shape index (κ3) is 1.35. The summed E-state index contributed by atoms with van der Waals surface area (Å²) in [5.74, 6) is 0.158. The van der Waals surface area contributed by atoms with Gasteiger partial charge in [-0.25, -0.2) is 4.39 Å². The fourth-order valence-electron chi connectivity index (χ4n) is 1.89. The molecule has 1 aromatic rings. The largest absolute Gasteiger partial charge is 0.493 e. The number of halogens is 2. The van der Waals surface area contributed by atoms with Gasteiger partial charge in [-0.1, -0.05) is 15.9 Å². The lowest BCUT2D eigenvalue weighted by Crippen LogP contribution is -1.95. The zero-order valence-corrected chi connectivity index (χ0v) is 8.95. The van der Waals surface area contributed by atoms with Gasteiger partial charge in [0.15, 0.2) is 11.6 Å². The van der Waals surface area contributed by atoms with Crippen molar-refractivity contribution in [3.05, 3.63) is 27.5 Å². The molecular weight excluding hydrogens is 235 g/mol. The minimum atomic E-state index is -0.268. The zero-order chi connectivity index (χ0) is 9.42. The Bertz CT molecular complexity index is 349. The second kappa shape index (κ2) is 3.29. The summed E-state index contributed by atoms with van der Waals surface area (Å²) >= 11 is 3.37. The lowest BCUT2D eigenvalue weighted by molar-refractivity contribution is 0.382. The summed E-state index contributed by atoms with van der Waals surface area (Å²) in [5, 5.41) is 0. The second-order valence-electron chi connectivity index (χ2n) is 3.18. The van der Waals surface area contributed by atoms with Gasteiger partial charge in [0.2, 0.25) is 0 Å². The topological polar surface area (TPSA) is 9.23 Å². The average molecular weight is 245 g/mol. The molecule has 13 heavy (non-hydrogen) atoms. The molecule has 0 unspecified atom stereocenters. The van der Waals surface area contributed by atoms with E-state index in [1.54, 1.807) is 0 Å². The molecule has 1 nitrogen and oxygen atoms in total. The molecule has 3 heteroatoms. The third-order valence-electron chi connectivity index (χ3n) is 2.45. The molecule has 0 fully saturated rings. The molecule has 0 radical (unpaired) electrons.